The number of hydrogen-bond donors (Lipinski definition) is 2. The molecule has 0 aliphatic carbocycles. The van der Waals surface area contributed by atoms with Crippen molar-refractivity contribution >= 4 is 17.4 Å². The topological polar surface area (TPSA) is 97.2 Å². The van der Waals surface area contributed by atoms with Crippen LogP contribution in [0.1, 0.15) is 18.9 Å². The molecule has 0 aliphatic rings. The number of carbonyl (C=O) groups is 1. The third-order valence-electron chi connectivity index (χ3n) is 2.19. The number of anilines is 1. The lowest BCUT2D eigenvalue weighted by Gasteiger charge is -2.07. The molecular formula is C11H16N4O3. The van der Waals surface area contributed by atoms with E-state index < -0.39 is 4.92 Å². The normalized spacial score (nSPS) is 9.89. The minimum absolute atomic E-state index is 0.0309. The van der Waals surface area contributed by atoms with Crippen LogP contribution >= 0.6 is 0 Å². The number of nitrogens with zero attached hydrogens (tertiary/aromatic N) is 2. The molecule has 18 heavy (non-hydrogen) atoms. The van der Waals surface area contributed by atoms with Crippen molar-refractivity contribution in [2.24, 2.45) is 0 Å². The van der Waals surface area contributed by atoms with Crippen LogP contribution in [0.25, 0.3) is 0 Å². The zero-order valence-electron chi connectivity index (χ0n) is 10.4. The summed E-state index contributed by atoms with van der Waals surface area (Å²) in [5.41, 5.74) is 0.570. The Labute approximate surface area is 105 Å². The van der Waals surface area contributed by atoms with Crippen LogP contribution in [0.3, 0.4) is 0 Å². The summed E-state index contributed by atoms with van der Waals surface area (Å²) < 4.78 is 0. The number of hydrogen-bond acceptors (Lipinski definition) is 5. The average molecular weight is 252 g/mol. The van der Waals surface area contributed by atoms with Gasteiger partial charge in [0.25, 0.3) is 0 Å². The molecule has 2 N–H and O–H groups in total. The Kier molecular flexibility index (Phi) is 5.04. The van der Waals surface area contributed by atoms with Crippen LogP contribution < -0.4 is 10.6 Å². The molecule has 0 saturated heterocycles. The first-order valence-corrected chi connectivity index (χ1v) is 5.66. The highest BCUT2D eigenvalue weighted by Crippen LogP contribution is 2.21. The van der Waals surface area contributed by atoms with Gasteiger partial charge in [0.1, 0.15) is 0 Å². The van der Waals surface area contributed by atoms with Gasteiger partial charge in [-0.05, 0) is 18.9 Å². The molecular weight excluding hydrogens is 236 g/mol. The van der Waals surface area contributed by atoms with Gasteiger partial charge in [0, 0.05) is 18.8 Å². The Morgan fingerprint density at radius 1 is 1.56 bits per heavy atom. The van der Waals surface area contributed by atoms with Crippen LogP contribution in [0.5, 0.6) is 0 Å². The van der Waals surface area contributed by atoms with E-state index >= 15 is 0 Å². The maximum atomic E-state index is 11.4. The number of amides is 1. The SMILES string of the molecule is CCCNC(=O)CNc1ncc(C)cc1[N+](=O)[O-]. The van der Waals surface area contributed by atoms with E-state index in [0.29, 0.717) is 12.1 Å². The average Bonchev–Trinajstić information content (AvgIpc) is 2.34. The number of rotatable bonds is 6. The zero-order valence-corrected chi connectivity index (χ0v) is 10.4. The maximum absolute atomic E-state index is 11.4. The maximum Gasteiger partial charge on any atom is 0.311 e. The molecule has 0 bridgehead atoms. The van der Waals surface area contributed by atoms with Crippen LogP contribution in [0.15, 0.2) is 12.3 Å². The van der Waals surface area contributed by atoms with Crippen LogP contribution in [0.2, 0.25) is 0 Å². The molecule has 0 atom stereocenters. The van der Waals surface area contributed by atoms with E-state index in [4.69, 9.17) is 0 Å². The number of nitrogens with one attached hydrogen (secondary N) is 2. The van der Waals surface area contributed by atoms with Crippen molar-refractivity contribution < 1.29 is 9.72 Å². The molecule has 98 valence electrons. The van der Waals surface area contributed by atoms with E-state index in [-0.39, 0.29) is 24.0 Å². The zero-order chi connectivity index (χ0) is 13.5. The van der Waals surface area contributed by atoms with Crippen molar-refractivity contribution in [3.05, 3.63) is 27.9 Å². The molecule has 0 fully saturated rings. The molecule has 7 nitrogen and oxygen atoms in total. The molecule has 0 spiro atoms. The van der Waals surface area contributed by atoms with Crippen molar-refractivity contribution in [3.8, 4) is 0 Å². The molecule has 7 heteroatoms. The summed E-state index contributed by atoms with van der Waals surface area (Å²) in [4.78, 5) is 25.6. The second-order valence-corrected chi connectivity index (χ2v) is 3.84. The Bertz CT molecular complexity index is 448. The van der Waals surface area contributed by atoms with Gasteiger partial charge < -0.3 is 10.6 Å². The fourth-order valence-electron chi connectivity index (χ4n) is 1.32. The number of aromatic nitrogens is 1. The molecule has 1 rings (SSSR count). The molecule has 0 unspecified atom stereocenters. The molecule has 1 heterocycles. The molecule has 1 amide bonds. The van der Waals surface area contributed by atoms with Crippen LogP contribution in [0.4, 0.5) is 11.5 Å². The summed E-state index contributed by atoms with van der Waals surface area (Å²) in [6.45, 7) is 4.22. The quantitative estimate of drug-likeness (QED) is 0.586. The number of nitro groups is 1. The van der Waals surface area contributed by atoms with E-state index in [2.05, 4.69) is 15.6 Å². The van der Waals surface area contributed by atoms with Crippen molar-refractivity contribution in [1.29, 1.82) is 0 Å². The van der Waals surface area contributed by atoms with E-state index in [0.717, 1.165) is 6.42 Å². The van der Waals surface area contributed by atoms with Gasteiger partial charge in [-0.2, -0.15) is 0 Å². The summed E-state index contributed by atoms with van der Waals surface area (Å²) in [6.07, 6.45) is 2.36. The Morgan fingerprint density at radius 3 is 2.89 bits per heavy atom. The summed E-state index contributed by atoms with van der Waals surface area (Å²) in [5.74, 6) is -0.106. The van der Waals surface area contributed by atoms with Gasteiger partial charge in [-0.3, -0.25) is 14.9 Å². The lowest BCUT2D eigenvalue weighted by molar-refractivity contribution is -0.384. The highest BCUT2D eigenvalue weighted by atomic mass is 16.6. The highest BCUT2D eigenvalue weighted by molar-refractivity contribution is 5.81. The van der Waals surface area contributed by atoms with Gasteiger partial charge in [0.15, 0.2) is 0 Å². The Balaban J connectivity index is 2.67. The molecule has 0 aromatic carbocycles. The Hall–Kier alpha value is -2.18. The number of aryl methyl sites for hydroxylation is 1. The summed E-state index contributed by atoms with van der Waals surface area (Å²) in [5, 5.41) is 16.1. The first kappa shape index (κ1) is 13.9. The molecule has 0 radical (unpaired) electrons. The standard InChI is InChI=1S/C11H16N4O3/c1-3-4-12-10(16)7-14-11-9(15(17)18)5-8(2)6-13-11/h5-6H,3-4,7H2,1-2H3,(H,12,16)(H,13,14). The highest BCUT2D eigenvalue weighted by Gasteiger charge is 2.15. The minimum atomic E-state index is -0.522. The van der Waals surface area contributed by atoms with E-state index in [1.165, 1.54) is 12.3 Å². The van der Waals surface area contributed by atoms with E-state index in [1.807, 2.05) is 6.92 Å². The summed E-state index contributed by atoms with van der Waals surface area (Å²) >= 11 is 0. The lowest BCUT2D eigenvalue weighted by atomic mass is 10.3. The predicted octanol–water partition coefficient (Wildman–Crippen LogP) is 1.24. The fraction of sp³-hybridized carbons (Fsp3) is 0.455. The molecule has 1 aromatic heterocycles. The lowest BCUT2D eigenvalue weighted by Crippen LogP contribution is -2.30. The summed E-state index contributed by atoms with van der Waals surface area (Å²) in [7, 11) is 0. The smallest absolute Gasteiger partial charge is 0.311 e. The monoisotopic (exact) mass is 252 g/mol. The van der Waals surface area contributed by atoms with Crippen molar-refractivity contribution in [2.75, 3.05) is 18.4 Å². The van der Waals surface area contributed by atoms with E-state index in [9.17, 15) is 14.9 Å². The van der Waals surface area contributed by atoms with Gasteiger partial charge in [-0.25, -0.2) is 4.98 Å². The van der Waals surface area contributed by atoms with Crippen molar-refractivity contribution in [1.82, 2.24) is 10.3 Å². The third kappa shape index (κ3) is 4.00. The van der Waals surface area contributed by atoms with Gasteiger partial charge >= 0.3 is 5.69 Å². The van der Waals surface area contributed by atoms with Crippen molar-refractivity contribution in [2.45, 2.75) is 20.3 Å². The summed E-state index contributed by atoms with van der Waals surface area (Å²) in [6, 6.07) is 1.42. The molecule has 1 aromatic rings. The predicted molar refractivity (Wildman–Crippen MR) is 67.4 cm³/mol. The largest absolute Gasteiger partial charge is 0.355 e. The van der Waals surface area contributed by atoms with Crippen molar-refractivity contribution in [3.63, 3.8) is 0 Å². The van der Waals surface area contributed by atoms with Gasteiger partial charge in [0.2, 0.25) is 11.7 Å². The molecule has 0 saturated carbocycles. The first-order valence-electron chi connectivity index (χ1n) is 5.66. The second-order valence-electron chi connectivity index (χ2n) is 3.84. The van der Waals surface area contributed by atoms with Gasteiger partial charge in [-0.15, -0.1) is 0 Å². The van der Waals surface area contributed by atoms with Crippen LogP contribution in [-0.2, 0) is 4.79 Å². The first-order chi connectivity index (χ1) is 8.54. The second kappa shape index (κ2) is 6.53. The van der Waals surface area contributed by atoms with Gasteiger partial charge in [0.05, 0.1) is 11.5 Å². The van der Waals surface area contributed by atoms with Crippen LogP contribution in [0, 0.1) is 17.0 Å². The minimum Gasteiger partial charge on any atom is -0.355 e. The number of carbonyl (C=O) groups excluding carboxylic acids is 1. The Morgan fingerprint density at radius 2 is 2.28 bits per heavy atom. The molecule has 0 aliphatic heterocycles. The van der Waals surface area contributed by atoms with Crippen LogP contribution in [-0.4, -0.2) is 28.9 Å². The third-order valence-corrected chi connectivity index (χ3v) is 2.19. The fourth-order valence-corrected chi connectivity index (χ4v) is 1.32. The van der Waals surface area contributed by atoms with Gasteiger partial charge in [-0.1, -0.05) is 6.92 Å². The van der Waals surface area contributed by atoms with E-state index in [1.54, 1.807) is 6.92 Å². The number of pyridine rings is 1.